The highest BCUT2D eigenvalue weighted by molar-refractivity contribution is 5.80. The van der Waals surface area contributed by atoms with Crippen molar-refractivity contribution < 1.29 is 4.79 Å². The second kappa shape index (κ2) is 6.05. The van der Waals surface area contributed by atoms with Crippen molar-refractivity contribution in [3.8, 4) is 0 Å². The van der Waals surface area contributed by atoms with Crippen molar-refractivity contribution in [2.24, 2.45) is 5.73 Å². The third kappa shape index (κ3) is 4.15. The number of hydrogen-bond acceptors (Lipinski definition) is 4. The molecule has 3 N–H and O–H groups in total. The summed E-state index contributed by atoms with van der Waals surface area (Å²) in [6.45, 7) is 7.67. The van der Waals surface area contributed by atoms with Gasteiger partial charge in [-0.2, -0.15) is 0 Å². The Morgan fingerprint density at radius 3 is 2.47 bits per heavy atom. The number of hydrogen-bond donors (Lipinski definition) is 2. The van der Waals surface area contributed by atoms with Gasteiger partial charge in [0, 0.05) is 32.7 Å². The molecule has 0 aromatic carbocycles. The number of carbonyl (C=O) groups excluding carboxylic acids is 1. The maximum atomic E-state index is 11.2. The molecule has 0 spiro atoms. The van der Waals surface area contributed by atoms with Crippen LogP contribution in [0.2, 0.25) is 0 Å². The van der Waals surface area contributed by atoms with Crippen molar-refractivity contribution >= 4 is 5.91 Å². The zero-order valence-corrected chi connectivity index (χ0v) is 9.70. The molecule has 1 amide bonds. The van der Waals surface area contributed by atoms with E-state index in [4.69, 9.17) is 5.73 Å². The van der Waals surface area contributed by atoms with Gasteiger partial charge in [0.15, 0.2) is 0 Å². The molecular formula is C10H22N4O. The minimum atomic E-state index is -0.254. The minimum absolute atomic E-state index is 0.210. The van der Waals surface area contributed by atoms with Gasteiger partial charge in [0.25, 0.3) is 0 Å². The first-order valence-electron chi connectivity index (χ1n) is 5.57. The molecule has 1 unspecified atom stereocenters. The first kappa shape index (κ1) is 12.4. The Morgan fingerprint density at radius 2 is 2.00 bits per heavy atom. The van der Waals surface area contributed by atoms with E-state index in [2.05, 4.69) is 22.2 Å². The summed E-state index contributed by atoms with van der Waals surface area (Å²) in [5.74, 6) is -0.254. The number of primary amides is 1. The lowest BCUT2D eigenvalue weighted by molar-refractivity contribution is -0.120. The van der Waals surface area contributed by atoms with Gasteiger partial charge in [0.05, 0.1) is 6.04 Å². The Labute approximate surface area is 91.6 Å². The lowest BCUT2D eigenvalue weighted by Gasteiger charge is -2.34. The first-order valence-corrected chi connectivity index (χ1v) is 5.57. The van der Waals surface area contributed by atoms with Crippen LogP contribution in [-0.4, -0.2) is 68.1 Å². The predicted octanol–water partition coefficient (Wildman–Crippen LogP) is -1.30. The average molecular weight is 214 g/mol. The fourth-order valence-corrected chi connectivity index (χ4v) is 1.79. The number of nitrogens with one attached hydrogen (secondary N) is 1. The lowest BCUT2D eigenvalue weighted by atomic mass is 10.2. The number of nitrogens with zero attached hydrogens (tertiary/aromatic N) is 2. The number of amides is 1. The summed E-state index contributed by atoms with van der Waals surface area (Å²) < 4.78 is 0. The van der Waals surface area contributed by atoms with E-state index in [-0.39, 0.29) is 11.9 Å². The normalized spacial score (nSPS) is 21.5. The summed E-state index contributed by atoms with van der Waals surface area (Å²) in [6, 6.07) is -0.210. The molecule has 0 saturated carbocycles. The van der Waals surface area contributed by atoms with Gasteiger partial charge in [-0.15, -0.1) is 0 Å². The lowest BCUT2D eigenvalue weighted by Crippen LogP contribution is -2.53. The van der Waals surface area contributed by atoms with E-state index in [1.165, 1.54) is 0 Å². The summed E-state index contributed by atoms with van der Waals surface area (Å²) in [6.07, 6.45) is 0. The summed E-state index contributed by atoms with van der Waals surface area (Å²) in [4.78, 5) is 15.7. The Morgan fingerprint density at radius 1 is 1.40 bits per heavy atom. The summed E-state index contributed by atoms with van der Waals surface area (Å²) in [7, 11) is 2.12. The molecule has 0 radical (unpaired) electrons. The topological polar surface area (TPSA) is 61.6 Å². The standard InChI is InChI=1S/C10H22N4O/c1-3-12-9(10(11)15)8-14-6-4-13(2)5-7-14/h9,12H,3-8H2,1-2H3,(H2,11,15). The van der Waals surface area contributed by atoms with Gasteiger partial charge in [-0.05, 0) is 13.6 Å². The van der Waals surface area contributed by atoms with E-state index >= 15 is 0 Å². The molecule has 15 heavy (non-hydrogen) atoms. The molecule has 1 aliphatic rings. The van der Waals surface area contributed by atoms with E-state index in [1.54, 1.807) is 0 Å². The van der Waals surface area contributed by atoms with Gasteiger partial charge in [-0.25, -0.2) is 0 Å². The number of rotatable bonds is 5. The Kier molecular flexibility index (Phi) is 5.01. The molecule has 1 rings (SSSR count). The van der Waals surface area contributed by atoms with Gasteiger partial charge in [-0.1, -0.05) is 6.92 Å². The number of nitrogens with two attached hydrogens (primary N) is 1. The third-order valence-corrected chi connectivity index (χ3v) is 2.83. The van der Waals surface area contributed by atoms with Gasteiger partial charge >= 0.3 is 0 Å². The van der Waals surface area contributed by atoms with Crippen molar-refractivity contribution in [1.82, 2.24) is 15.1 Å². The molecule has 5 heteroatoms. The van der Waals surface area contributed by atoms with Crippen molar-refractivity contribution in [2.45, 2.75) is 13.0 Å². The van der Waals surface area contributed by atoms with Gasteiger partial charge in [0.2, 0.25) is 5.91 Å². The molecule has 5 nitrogen and oxygen atoms in total. The third-order valence-electron chi connectivity index (χ3n) is 2.83. The largest absolute Gasteiger partial charge is 0.368 e. The van der Waals surface area contributed by atoms with Crippen LogP contribution in [0.15, 0.2) is 0 Å². The van der Waals surface area contributed by atoms with E-state index in [0.29, 0.717) is 0 Å². The maximum Gasteiger partial charge on any atom is 0.235 e. The highest BCUT2D eigenvalue weighted by atomic mass is 16.1. The molecule has 1 fully saturated rings. The fraction of sp³-hybridized carbons (Fsp3) is 0.900. The molecule has 1 heterocycles. The fourth-order valence-electron chi connectivity index (χ4n) is 1.79. The first-order chi connectivity index (χ1) is 7.13. The van der Waals surface area contributed by atoms with Crippen LogP contribution in [0, 0.1) is 0 Å². The highest BCUT2D eigenvalue weighted by Gasteiger charge is 2.20. The van der Waals surface area contributed by atoms with Gasteiger partial charge < -0.3 is 16.0 Å². The van der Waals surface area contributed by atoms with Crippen molar-refractivity contribution in [3.63, 3.8) is 0 Å². The monoisotopic (exact) mass is 214 g/mol. The molecule has 0 aliphatic carbocycles. The quantitative estimate of drug-likeness (QED) is 0.597. The van der Waals surface area contributed by atoms with Crippen LogP contribution in [0.25, 0.3) is 0 Å². The zero-order valence-electron chi connectivity index (χ0n) is 9.70. The van der Waals surface area contributed by atoms with Crippen LogP contribution >= 0.6 is 0 Å². The van der Waals surface area contributed by atoms with Crippen molar-refractivity contribution in [3.05, 3.63) is 0 Å². The molecule has 0 bridgehead atoms. The maximum absolute atomic E-state index is 11.2. The van der Waals surface area contributed by atoms with Crippen LogP contribution < -0.4 is 11.1 Å². The molecule has 88 valence electrons. The second-order valence-electron chi connectivity index (χ2n) is 4.12. The van der Waals surface area contributed by atoms with Crippen LogP contribution in [0.5, 0.6) is 0 Å². The Balaban J connectivity index is 2.34. The van der Waals surface area contributed by atoms with E-state index < -0.39 is 0 Å². The minimum Gasteiger partial charge on any atom is -0.368 e. The van der Waals surface area contributed by atoms with Crippen LogP contribution in [0.4, 0.5) is 0 Å². The molecular weight excluding hydrogens is 192 g/mol. The summed E-state index contributed by atoms with van der Waals surface area (Å²) >= 11 is 0. The number of likely N-dealkylation sites (N-methyl/N-ethyl adjacent to an activating group) is 2. The van der Waals surface area contributed by atoms with Crippen LogP contribution in [0.1, 0.15) is 6.92 Å². The molecule has 0 aromatic heterocycles. The van der Waals surface area contributed by atoms with Crippen molar-refractivity contribution in [2.75, 3.05) is 46.3 Å². The second-order valence-corrected chi connectivity index (χ2v) is 4.12. The van der Waals surface area contributed by atoms with Gasteiger partial charge in [0.1, 0.15) is 0 Å². The molecule has 1 saturated heterocycles. The van der Waals surface area contributed by atoms with Gasteiger partial charge in [-0.3, -0.25) is 9.69 Å². The number of piperazine rings is 1. The Hall–Kier alpha value is -0.650. The summed E-state index contributed by atoms with van der Waals surface area (Å²) in [5.41, 5.74) is 5.33. The van der Waals surface area contributed by atoms with Crippen LogP contribution in [-0.2, 0) is 4.79 Å². The van der Waals surface area contributed by atoms with Crippen molar-refractivity contribution in [1.29, 1.82) is 0 Å². The van der Waals surface area contributed by atoms with E-state index in [0.717, 1.165) is 39.3 Å². The predicted molar refractivity (Wildman–Crippen MR) is 60.6 cm³/mol. The smallest absolute Gasteiger partial charge is 0.235 e. The Bertz CT molecular complexity index is 202. The zero-order chi connectivity index (χ0) is 11.3. The average Bonchev–Trinajstić information content (AvgIpc) is 2.20. The number of carbonyl (C=O) groups is 1. The SMILES string of the molecule is CCNC(CN1CCN(C)CC1)C(N)=O. The molecule has 1 atom stereocenters. The molecule has 1 aliphatic heterocycles. The summed E-state index contributed by atoms with van der Waals surface area (Å²) in [5, 5.41) is 3.11. The molecule has 0 aromatic rings. The van der Waals surface area contributed by atoms with Crippen LogP contribution in [0.3, 0.4) is 0 Å². The highest BCUT2D eigenvalue weighted by Crippen LogP contribution is 2.00. The van der Waals surface area contributed by atoms with E-state index in [1.807, 2.05) is 6.92 Å². The van der Waals surface area contributed by atoms with E-state index in [9.17, 15) is 4.79 Å².